The van der Waals surface area contributed by atoms with Gasteiger partial charge < -0.3 is 20.5 Å². The zero-order valence-corrected chi connectivity index (χ0v) is 17.8. The Labute approximate surface area is 184 Å². The maximum absolute atomic E-state index is 13.6. The van der Waals surface area contributed by atoms with Crippen molar-refractivity contribution in [2.75, 3.05) is 24.4 Å². The molecule has 8 nitrogen and oxygen atoms in total. The minimum Gasteiger partial charge on any atom is -0.495 e. The summed E-state index contributed by atoms with van der Waals surface area (Å²) in [5, 5.41) is 19.8. The number of hydrogen-bond donors (Lipinski definition) is 3. The van der Waals surface area contributed by atoms with Gasteiger partial charge in [0.15, 0.2) is 5.82 Å². The van der Waals surface area contributed by atoms with Gasteiger partial charge >= 0.3 is 0 Å². The summed E-state index contributed by atoms with van der Waals surface area (Å²) < 4.78 is 20.6. The number of benzene rings is 2. The Hall–Kier alpha value is -3.72. The van der Waals surface area contributed by atoms with Gasteiger partial charge in [0.05, 0.1) is 18.4 Å². The molecule has 0 fully saturated rings. The highest BCUT2D eigenvalue weighted by atomic mass is 19.1. The van der Waals surface area contributed by atoms with E-state index in [1.165, 1.54) is 19.2 Å². The van der Waals surface area contributed by atoms with E-state index in [0.29, 0.717) is 52.9 Å². The third-order valence-corrected chi connectivity index (χ3v) is 5.24. The zero-order chi connectivity index (χ0) is 22.7. The first-order valence-corrected chi connectivity index (χ1v) is 10.3. The van der Waals surface area contributed by atoms with E-state index in [4.69, 9.17) is 9.84 Å². The SMILES string of the molecule is COc1ccccc1NC(=O)C1=C(C)Nc2nc(CCCO)nn2[C@H]1c1ccc(F)cc1. The van der Waals surface area contributed by atoms with Crippen molar-refractivity contribution in [2.45, 2.75) is 25.8 Å². The van der Waals surface area contributed by atoms with Gasteiger partial charge in [-0.2, -0.15) is 10.1 Å². The van der Waals surface area contributed by atoms with Crippen LogP contribution < -0.4 is 15.4 Å². The van der Waals surface area contributed by atoms with Crippen LogP contribution >= 0.6 is 0 Å². The van der Waals surface area contributed by atoms with Crippen molar-refractivity contribution >= 4 is 17.5 Å². The van der Waals surface area contributed by atoms with Crippen LogP contribution in [0.2, 0.25) is 0 Å². The number of nitrogens with one attached hydrogen (secondary N) is 2. The van der Waals surface area contributed by atoms with Gasteiger partial charge in [-0.15, -0.1) is 0 Å². The largest absolute Gasteiger partial charge is 0.495 e. The predicted octanol–water partition coefficient (Wildman–Crippen LogP) is 3.28. The summed E-state index contributed by atoms with van der Waals surface area (Å²) in [4.78, 5) is 18.0. The van der Waals surface area contributed by atoms with Crippen LogP contribution in [0.25, 0.3) is 0 Å². The minimum atomic E-state index is -0.614. The van der Waals surface area contributed by atoms with Gasteiger partial charge in [-0.3, -0.25) is 4.79 Å². The van der Waals surface area contributed by atoms with Crippen molar-refractivity contribution in [1.29, 1.82) is 0 Å². The fraction of sp³-hybridized carbons (Fsp3) is 0.261. The molecule has 3 N–H and O–H groups in total. The first-order valence-electron chi connectivity index (χ1n) is 10.3. The van der Waals surface area contributed by atoms with Gasteiger partial charge in [0.1, 0.15) is 17.6 Å². The highest BCUT2D eigenvalue weighted by Gasteiger charge is 2.34. The molecule has 0 saturated carbocycles. The first-order chi connectivity index (χ1) is 15.5. The molecule has 1 aliphatic rings. The number of hydrogen-bond acceptors (Lipinski definition) is 6. The normalized spacial score (nSPS) is 15.2. The highest BCUT2D eigenvalue weighted by Crippen LogP contribution is 2.36. The average molecular weight is 437 g/mol. The second-order valence-electron chi connectivity index (χ2n) is 7.40. The van der Waals surface area contributed by atoms with E-state index < -0.39 is 6.04 Å². The van der Waals surface area contributed by atoms with E-state index in [2.05, 4.69) is 20.7 Å². The van der Waals surface area contributed by atoms with E-state index >= 15 is 0 Å². The summed E-state index contributed by atoms with van der Waals surface area (Å²) >= 11 is 0. The number of amides is 1. The van der Waals surface area contributed by atoms with E-state index in [1.807, 2.05) is 6.07 Å². The van der Waals surface area contributed by atoms with Crippen LogP contribution in [-0.2, 0) is 11.2 Å². The maximum atomic E-state index is 13.6. The Morgan fingerprint density at radius 1 is 1.25 bits per heavy atom. The summed E-state index contributed by atoms with van der Waals surface area (Å²) in [6.45, 7) is 1.82. The minimum absolute atomic E-state index is 0.0303. The van der Waals surface area contributed by atoms with Crippen molar-refractivity contribution in [1.82, 2.24) is 14.8 Å². The van der Waals surface area contributed by atoms with Gasteiger partial charge in [0.2, 0.25) is 5.95 Å². The standard InChI is InChI=1S/C23H24FN5O3/c1-14-20(22(31)26-17-6-3-4-7-18(17)32-2)21(15-9-11-16(24)12-10-15)29-23(25-14)27-19(28-29)8-5-13-30/h3-4,6-7,9-12,21,30H,5,8,13H2,1-2H3,(H,26,31)(H,25,27,28)/t21-/m0/s1. The van der Waals surface area contributed by atoms with Gasteiger partial charge in [-0.05, 0) is 43.2 Å². The Balaban J connectivity index is 1.76. The van der Waals surface area contributed by atoms with E-state index in [1.54, 1.807) is 41.9 Å². The molecule has 0 saturated heterocycles. The van der Waals surface area contributed by atoms with Crippen LogP contribution in [0.15, 0.2) is 59.8 Å². The lowest BCUT2D eigenvalue weighted by atomic mass is 9.95. The molecule has 1 aromatic heterocycles. The van der Waals surface area contributed by atoms with E-state index in [-0.39, 0.29) is 18.3 Å². The quantitative estimate of drug-likeness (QED) is 0.524. The number of halogens is 1. The third kappa shape index (κ3) is 4.19. The fourth-order valence-corrected chi connectivity index (χ4v) is 3.72. The Bertz CT molecular complexity index is 1160. The number of nitrogens with zero attached hydrogens (tertiary/aromatic N) is 3. The van der Waals surface area contributed by atoms with Gasteiger partial charge in [-0.25, -0.2) is 9.07 Å². The van der Waals surface area contributed by atoms with Gasteiger partial charge in [0.25, 0.3) is 5.91 Å². The number of rotatable bonds is 7. The van der Waals surface area contributed by atoms with Gasteiger partial charge in [-0.1, -0.05) is 24.3 Å². The third-order valence-electron chi connectivity index (χ3n) is 5.24. The maximum Gasteiger partial charge on any atom is 0.255 e. The summed E-state index contributed by atoms with van der Waals surface area (Å²) in [6.07, 6.45) is 1.02. The van der Waals surface area contributed by atoms with Crippen molar-refractivity contribution in [3.05, 3.63) is 77.0 Å². The summed E-state index contributed by atoms with van der Waals surface area (Å²) in [6, 6.07) is 12.5. The number of carbonyl (C=O) groups excluding carboxylic acids is 1. The second kappa shape index (κ2) is 9.19. The van der Waals surface area contributed by atoms with Crippen molar-refractivity contribution in [3.63, 3.8) is 0 Å². The van der Waals surface area contributed by atoms with Crippen LogP contribution in [0.4, 0.5) is 16.0 Å². The molecule has 2 heterocycles. The molecule has 32 heavy (non-hydrogen) atoms. The number of fused-ring (bicyclic) bond motifs is 1. The molecule has 0 spiro atoms. The van der Waals surface area contributed by atoms with Crippen LogP contribution in [0.1, 0.15) is 30.8 Å². The molecule has 4 rings (SSSR count). The average Bonchev–Trinajstić information content (AvgIpc) is 3.20. The topological polar surface area (TPSA) is 101 Å². The molecule has 3 aromatic rings. The molecule has 166 valence electrons. The molecule has 0 unspecified atom stereocenters. The number of aromatic nitrogens is 3. The number of aryl methyl sites for hydroxylation is 1. The monoisotopic (exact) mass is 437 g/mol. The molecule has 1 aliphatic heterocycles. The molecule has 2 aromatic carbocycles. The summed E-state index contributed by atoms with van der Waals surface area (Å²) in [5.74, 6) is 0.859. The number of carbonyl (C=O) groups is 1. The highest BCUT2D eigenvalue weighted by molar-refractivity contribution is 6.06. The lowest BCUT2D eigenvalue weighted by molar-refractivity contribution is -0.113. The van der Waals surface area contributed by atoms with Crippen LogP contribution in [-0.4, -0.2) is 39.5 Å². The van der Waals surface area contributed by atoms with Gasteiger partial charge in [0, 0.05) is 18.7 Å². The molecular formula is C23H24FN5O3. The fourth-order valence-electron chi connectivity index (χ4n) is 3.72. The molecule has 9 heteroatoms. The predicted molar refractivity (Wildman–Crippen MR) is 118 cm³/mol. The molecule has 1 amide bonds. The number of aliphatic hydroxyl groups excluding tert-OH is 1. The summed E-state index contributed by atoms with van der Waals surface area (Å²) in [7, 11) is 1.54. The molecule has 0 aliphatic carbocycles. The van der Waals surface area contributed by atoms with E-state index in [0.717, 1.165) is 0 Å². The summed E-state index contributed by atoms with van der Waals surface area (Å²) in [5.41, 5.74) is 2.26. The lowest BCUT2D eigenvalue weighted by Gasteiger charge is -2.28. The number of aliphatic hydroxyl groups is 1. The van der Waals surface area contributed by atoms with E-state index in [9.17, 15) is 9.18 Å². The number of methoxy groups -OCH3 is 1. The smallest absolute Gasteiger partial charge is 0.255 e. The van der Waals surface area contributed by atoms with Crippen LogP contribution in [0.5, 0.6) is 5.75 Å². The lowest BCUT2D eigenvalue weighted by Crippen LogP contribution is -2.31. The number of ether oxygens (including phenoxy) is 1. The van der Waals surface area contributed by atoms with Crippen molar-refractivity contribution in [2.24, 2.45) is 0 Å². The second-order valence-corrected chi connectivity index (χ2v) is 7.40. The van der Waals surface area contributed by atoms with Crippen LogP contribution in [0, 0.1) is 5.82 Å². The molecule has 0 radical (unpaired) electrons. The Morgan fingerprint density at radius 2 is 2.00 bits per heavy atom. The van der Waals surface area contributed by atoms with Crippen molar-refractivity contribution < 1.29 is 19.0 Å². The molecule has 0 bridgehead atoms. The van der Waals surface area contributed by atoms with Crippen molar-refractivity contribution in [3.8, 4) is 5.75 Å². The zero-order valence-electron chi connectivity index (χ0n) is 17.8. The Morgan fingerprint density at radius 3 is 2.72 bits per heavy atom. The molecule has 1 atom stereocenters. The number of para-hydroxylation sites is 2. The number of anilines is 2. The molecular weight excluding hydrogens is 413 g/mol. The Kier molecular flexibility index (Phi) is 6.18. The number of allylic oxidation sites excluding steroid dienone is 1. The first kappa shape index (κ1) is 21.5. The van der Waals surface area contributed by atoms with Crippen LogP contribution in [0.3, 0.4) is 0 Å².